The first-order chi connectivity index (χ1) is 11.4. The number of carboxylic acids is 1. The molecule has 2 unspecified atom stereocenters. The quantitative estimate of drug-likeness (QED) is 0.509. The molecule has 2 atom stereocenters. The zero-order valence-corrected chi connectivity index (χ0v) is 14.7. The van der Waals surface area contributed by atoms with Gasteiger partial charge in [-0.15, -0.1) is 0 Å². The molecule has 24 heavy (non-hydrogen) atoms. The maximum atomic E-state index is 10.6. The van der Waals surface area contributed by atoms with E-state index in [4.69, 9.17) is 5.11 Å². The number of hydrogen-bond acceptors (Lipinski definition) is 4. The van der Waals surface area contributed by atoms with Gasteiger partial charge in [-0.25, -0.2) is 0 Å². The molecule has 0 aliphatic carbocycles. The molecule has 1 aromatic rings. The monoisotopic (exact) mass is 338 g/mol. The lowest BCUT2D eigenvalue weighted by atomic mass is 10.0. The molecule has 1 heterocycles. The van der Waals surface area contributed by atoms with Crippen molar-refractivity contribution < 1.29 is 20.1 Å². The highest BCUT2D eigenvalue weighted by Crippen LogP contribution is 2.22. The molecular formula is C18H30N2O4. The van der Waals surface area contributed by atoms with Gasteiger partial charge in [-0.1, -0.05) is 38.3 Å². The molecule has 0 aliphatic heterocycles. The normalized spacial score (nSPS) is 14.2. The number of unbranched alkanes of at least 4 members (excludes halogenated alkanes) is 2. The molecule has 0 fully saturated rings. The van der Waals surface area contributed by atoms with Gasteiger partial charge in [0, 0.05) is 25.2 Å². The summed E-state index contributed by atoms with van der Waals surface area (Å²) in [6, 6.07) is 0. The van der Waals surface area contributed by atoms with Gasteiger partial charge < -0.3 is 15.3 Å². The Balaban J connectivity index is 2.55. The minimum absolute atomic E-state index is 0.0407. The summed E-state index contributed by atoms with van der Waals surface area (Å²) in [6.07, 6.45) is 9.97. The van der Waals surface area contributed by atoms with Crippen LogP contribution in [0, 0.1) is 0 Å². The molecule has 0 radical (unpaired) electrons. The standard InChI is InChI=1S/C18H30N2O4/c1-3-4-5-9-15(21)10-6-8-14-13-20(2)19-18(14)16(22)11-7-12-17(23)24/h6,8,13,15-16,21-22H,3-5,7,9-12H2,1-2H3,(H,23,24)/b8-6+. The van der Waals surface area contributed by atoms with Gasteiger partial charge in [0.05, 0.1) is 17.9 Å². The number of aliphatic carboxylic acids is 1. The second-order valence-electron chi connectivity index (χ2n) is 6.23. The highest BCUT2D eigenvalue weighted by atomic mass is 16.4. The Morgan fingerprint density at radius 2 is 2.04 bits per heavy atom. The van der Waals surface area contributed by atoms with Crippen LogP contribution in [0.15, 0.2) is 12.3 Å². The molecule has 0 amide bonds. The number of aliphatic hydroxyl groups excluding tert-OH is 2. The molecule has 0 aliphatic rings. The number of carboxylic acid groups (broad SMARTS) is 1. The van der Waals surface area contributed by atoms with Crippen molar-refractivity contribution in [1.29, 1.82) is 0 Å². The van der Waals surface area contributed by atoms with Crippen LogP contribution in [-0.4, -0.2) is 37.2 Å². The third-order valence-corrected chi connectivity index (χ3v) is 3.92. The molecule has 0 bridgehead atoms. The third-order valence-electron chi connectivity index (χ3n) is 3.92. The summed E-state index contributed by atoms with van der Waals surface area (Å²) >= 11 is 0. The summed E-state index contributed by atoms with van der Waals surface area (Å²) in [5.74, 6) is -0.861. The Morgan fingerprint density at radius 3 is 2.71 bits per heavy atom. The first kappa shape index (κ1) is 20.4. The van der Waals surface area contributed by atoms with E-state index in [0.29, 0.717) is 25.0 Å². The van der Waals surface area contributed by atoms with Crippen molar-refractivity contribution in [2.45, 2.75) is 70.5 Å². The number of aliphatic hydroxyl groups is 2. The van der Waals surface area contributed by atoms with E-state index in [9.17, 15) is 15.0 Å². The zero-order valence-electron chi connectivity index (χ0n) is 14.7. The maximum Gasteiger partial charge on any atom is 0.303 e. The van der Waals surface area contributed by atoms with Gasteiger partial charge in [0.1, 0.15) is 0 Å². The average molecular weight is 338 g/mol. The van der Waals surface area contributed by atoms with Crippen molar-refractivity contribution in [3.63, 3.8) is 0 Å². The van der Waals surface area contributed by atoms with Crippen molar-refractivity contribution in [3.05, 3.63) is 23.5 Å². The predicted octanol–water partition coefficient (Wildman–Crippen LogP) is 3.05. The maximum absolute atomic E-state index is 10.6. The Labute approximate surface area is 143 Å². The Morgan fingerprint density at radius 1 is 1.29 bits per heavy atom. The lowest BCUT2D eigenvalue weighted by molar-refractivity contribution is -0.137. The van der Waals surface area contributed by atoms with Crippen LogP contribution < -0.4 is 0 Å². The lowest BCUT2D eigenvalue weighted by Crippen LogP contribution is -2.04. The smallest absolute Gasteiger partial charge is 0.303 e. The highest BCUT2D eigenvalue weighted by Gasteiger charge is 2.15. The minimum Gasteiger partial charge on any atom is -0.481 e. The van der Waals surface area contributed by atoms with Gasteiger partial charge in [-0.05, 0) is 25.7 Å². The summed E-state index contributed by atoms with van der Waals surface area (Å²) in [5, 5.41) is 33.1. The summed E-state index contributed by atoms with van der Waals surface area (Å²) in [5.41, 5.74) is 1.36. The second kappa shape index (κ2) is 11.0. The summed E-state index contributed by atoms with van der Waals surface area (Å²) in [6.45, 7) is 2.14. The van der Waals surface area contributed by atoms with Crippen LogP contribution in [0.5, 0.6) is 0 Å². The van der Waals surface area contributed by atoms with Crippen LogP contribution in [-0.2, 0) is 11.8 Å². The van der Waals surface area contributed by atoms with E-state index in [1.54, 1.807) is 11.7 Å². The van der Waals surface area contributed by atoms with E-state index < -0.39 is 12.1 Å². The van der Waals surface area contributed by atoms with E-state index in [1.807, 2.05) is 18.3 Å². The van der Waals surface area contributed by atoms with E-state index in [0.717, 1.165) is 31.2 Å². The van der Waals surface area contributed by atoms with Crippen LogP contribution in [0.3, 0.4) is 0 Å². The number of rotatable bonds is 12. The predicted molar refractivity (Wildman–Crippen MR) is 93.5 cm³/mol. The van der Waals surface area contributed by atoms with Crippen LogP contribution in [0.2, 0.25) is 0 Å². The Bertz CT molecular complexity index is 525. The zero-order chi connectivity index (χ0) is 17.9. The fourth-order valence-corrected chi connectivity index (χ4v) is 2.59. The van der Waals surface area contributed by atoms with Gasteiger partial charge in [-0.3, -0.25) is 9.48 Å². The fourth-order valence-electron chi connectivity index (χ4n) is 2.59. The molecule has 1 rings (SSSR count). The number of aromatic nitrogens is 2. The van der Waals surface area contributed by atoms with E-state index >= 15 is 0 Å². The molecule has 3 N–H and O–H groups in total. The van der Waals surface area contributed by atoms with Crippen molar-refractivity contribution in [1.82, 2.24) is 9.78 Å². The topological polar surface area (TPSA) is 95.6 Å². The van der Waals surface area contributed by atoms with E-state index in [-0.39, 0.29) is 12.5 Å². The SMILES string of the molecule is CCCCCC(O)C/C=C/c1cn(C)nc1C(O)CCCC(=O)O. The summed E-state index contributed by atoms with van der Waals surface area (Å²) in [4.78, 5) is 10.6. The average Bonchev–Trinajstić information content (AvgIpc) is 2.88. The van der Waals surface area contributed by atoms with E-state index in [2.05, 4.69) is 12.0 Å². The van der Waals surface area contributed by atoms with E-state index in [1.165, 1.54) is 0 Å². The Hall–Kier alpha value is -1.66. The molecular weight excluding hydrogens is 308 g/mol. The fraction of sp³-hybridized carbons (Fsp3) is 0.667. The second-order valence-corrected chi connectivity index (χ2v) is 6.23. The van der Waals surface area contributed by atoms with Crippen molar-refractivity contribution in [3.8, 4) is 0 Å². The largest absolute Gasteiger partial charge is 0.481 e. The molecule has 1 aromatic heterocycles. The van der Waals surface area contributed by atoms with Gasteiger partial charge in [-0.2, -0.15) is 5.10 Å². The molecule has 0 saturated heterocycles. The molecule has 0 spiro atoms. The van der Waals surface area contributed by atoms with Gasteiger partial charge in [0.2, 0.25) is 0 Å². The highest BCUT2D eigenvalue weighted by molar-refractivity contribution is 5.66. The van der Waals surface area contributed by atoms with Crippen molar-refractivity contribution in [2.24, 2.45) is 7.05 Å². The summed E-state index contributed by atoms with van der Waals surface area (Å²) in [7, 11) is 1.78. The summed E-state index contributed by atoms with van der Waals surface area (Å²) < 4.78 is 1.63. The van der Waals surface area contributed by atoms with Crippen molar-refractivity contribution in [2.75, 3.05) is 0 Å². The first-order valence-corrected chi connectivity index (χ1v) is 8.72. The molecule has 6 nitrogen and oxygen atoms in total. The molecule has 0 aromatic carbocycles. The number of aryl methyl sites for hydroxylation is 1. The lowest BCUT2D eigenvalue weighted by Gasteiger charge is -2.08. The molecule has 6 heteroatoms. The minimum atomic E-state index is -0.861. The van der Waals surface area contributed by atoms with Crippen LogP contribution in [0.25, 0.3) is 6.08 Å². The Kier molecular flexibility index (Phi) is 9.34. The number of nitrogens with zero attached hydrogens (tertiary/aromatic N) is 2. The van der Waals surface area contributed by atoms with Gasteiger partial charge >= 0.3 is 5.97 Å². The first-order valence-electron chi connectivity index (χ1n) is 8.72. The number of carbonyl (C=O) groups is 1. The van der Waals surface area contributed by atoms with Gasteiger partial charge in [0.15, 0.2) is 0 Å². The van der Waals surface area contributed by atoms with Crippen LogP contribution in [0.1, 0.15) is 75.7 Å². The number of hydrogen-bond donors (Lipinski definition) is 3. The third kappa shape index (κ3) is 7.75. The molecule has 136 valence electrons. The van der Waals surface area contributed by atoms with Crippen molar-refractivity contribution >= 4 is 12.0 Å². The molecule has 0 saturated carbocycles. The van der Waals surface area contributed by atoms with Crippen LogP contribution >= 0.6 is 0 Å². The van der Waals surface area contributed by atoms with Crippen LogP contribution in [0.4, 0.5) is 0 Å². The van der Waals surface area contributed by atoms with Gasteiger partial charge in [0.25, 0.3) is 0 Å².